The van der Waals surface area contributed by atoms with Gasteiger partial charge in [-0.05, 0) is 18.2 Å². The molecular weight excluding hydrogens is 421 g/mol. The number of amidine groups is 1. The molecule has 31 heavy (non-hydrogen) atoms. The fourth-order valence-corrected chi connectivity index (χ4v) is 3.46. The Labute approximate surface area is 176 Å². The second-order valence-electron chi connectivity index (χ2n) is 7.15. The maximum atomic E-state index is 14.8. The van der Waals surface area contributed by atoms with Crippen molar-refractivity contribution in [3.63, 3.8) is 0 Å². The van der Waals surface area contributed by atoms with E-state index in [1.165, 1.54) is 11.0 Å². The van der Waals surface area contributed by atoms with Crippen LogP contribution in [0.15, 0.2) is 23.4 Å². The van der Waals surface area contributed by atoms with Crippen molar-refractivity contribution in [2.24, 2.45) is 10.9 Å². The van der Waals surface area contributed by atoms with Crippen LogP contribution in [0, 0.1) is 5.82 Å². The molecular formula is C18H23F3N6O4. The van der Waals surface area contributed by atoms with Gasteiger partial charge in [0, 0.05) is 26.2 Å². The molecule has 2 heterocycles. The predicted octanol–water partition coefficient (Wildman–Crippen LogP) is 0.401. The van der Waals surface area contributed by atoms with Crippen LogP contribution in [-0.4, -0.2) is 86.3 Å². The van der Waals surface area contributed by atoms with Crippen molar-refractivity contribution in [1.82, 2.24) is 10.2 Å². The monoisotopic (exact) mass is 444 g/mol. The summed E-state index contributed by atoms with van der Waals surface area (Å²) in [5, 5.41) is 13.6. The van der Waals surface area contributed by atoms with Gasteiger partial charge in [-0.15, -0.1) is 0 Å². The molecule has 0 spiro atoms. The van der Waals surface area contributed by atoms with Gasteiger partial charge < -0.3 is 25.9 Å². The number of cyclic esters (lactones) is 1. The number of benzene rings is 1. The van der Waals surface area contributed by atoms with Crippen molar-refractivity contribution in [3.05, 3.63) is 24.0 Å². The van der Waals surface area contributed by atoms with Crippen molar-refractivity contribution < 1.29 is 32.7 Å². The zero-order chi connectivity index (χ0) is 22.5. The lowest BCUT2D eigenvalue weighted by molar-refractivity contribution is -0.132. The van der Waals surface area contributed by atoms with E-state index in [4.69, 9.17) is 15.7 Å². The Morgan fingerprint density at radius 1 is 1.32 bits per heavy atom. The highest BCUT2D eigenvalue weighted by atomic mass is 19.3. The maximum absolute atomic E-state index is 14.8. The van der Waals surface area contributed by atoms with Crippen LogP contribution in [-0.2, 0) is 9.53 Å². The molecule has 170 valence electrons. The molecule has 2 amide bonds. The molecule has 4 N–H and O–H groups in total. The van der Waals surface area contributed by atoms with Crippen molar-refractivity contribution in [2.45, 2.75) is 12.5 Å². The van der Waals surface area contributed by atoms with Gasteiger partial charge in [-0.1, -0.05) is 5.16 Å². The number of carbonyl (C=O) groups excluding carboxylic acids is 2. The van der Waals surface area contributed by atoms with Crippen LogP contribution in [0.3, 0.4) is 0 Å². The Morgan fingerprint density at radius 3 is 2.65 bits per heavy atom. The maximum Gasteiger partial charge on any atom is 0.414 e. The first kappa shape index (κ1) is 22.5. The van der Waals surface area contributed by atoms with Crippen LogP contribution in [0.25, 0.3) is 0 Å². The third-order valence-electron chi connectivity index (χ3n) is 5.05. The van der Waals surface area contributed by atoms with E-state index in [1.807, 2.05) is 15.1 Å². The van der Waals surface area contributed by atoms with Crippen LogP contribution >= 0.6 is 0 Å². The molecule has 0 aromatic heterocycles. The van der Waals surface area contributed by atoms with Crippen molar-refractivity contribution in [1.29, 1.82) is 0 Å². The van der Waals surface area contributed by atoms with Crippen LogP contribution in [0.1, 0.15) is 0 Å². The summed E-state index contributed by atoms with van der Waals surface area (Å²) < 4.78 is 44.3. The summed E-state index contributed by atoms with van der Waals surface area (Å²) in [6.45, 7) is 2.32. The second kappa shape index (κ2) is 9.73. The molecule has 10 nitrogen and oxygen atoms in total. The van der Waals surface area contributed by atoms with Crippen LogP contribution in [0.2, 0.25) is 0 Å². The Kier molecular flexibility index (Phi) is 7.05. The summed E-state index contributed by atoms with van der Waals surface area (Å²) in [5.41, 5.74) is 6.15. The summed E-state index contributed by atoms with van der Waals surface area (Å²) in [6, 6.07) is 4.34. The zero-order valence-electron chi connectivity index (χ0n) is 16.5. The first-order valence-electron chi connectivity index (χ1n) is 9.55. The Hall–Kier alpha value is -3.22. The highest BCUT2D eigenvalue weighted by Gasteiger charge is 2.33. The molecule has 0 unspecified atom stereocenters. The van der Waals surface area contributed by atoms with Crippen molar-refractivity contribution in [3.8, 4) is 0 Å². The van der Waals surface area contributed by atoms with Gasteiger partial charge in [-0.3, -0.25) is 14.6 Å². The number of amides is 2. The summed E-state index contributed by atoms with van der Waals surface area (Å²) >= 11 is 0. The molecule has 1 aromatic carbocycles. The number of alkyl halides is 2. The lowest BCUT2D eigenvalue weighted by atomic mass is 10.2. The number of nitrogens with one attached hydrogen (secondary N) is 1. The van der Waals surface area contributed by atoms with Gasteiger partial charge >= 0.3 is 12.5 Å². The van der Waals surface area contributed by atoms with Gasteiger partial charge in [-0.2, -0.15) is 8.78 Å². The number of oxime groups is 1. The standard InChI is InChI=1S/C18H23F3N6O4/c19-13-7-11(27-9-12(31-18(27)29)8-23-17(28)16(20)21)1-2-14(13)26-5-3-25(4-6-26)10-15(22)24-30/h1-2,7,12,16,30H,3-6,8-10H2,(H2,22,24)(H,23,28)/t12-/m0/s1. The number of hydrogen-bond donors (Lipinski definition) is 3. The van der Waals surface area contributed by atoms with E-state index in [-0.39, 0.29) is 24.6 Å². The minimum Gasteiger partial charge on any atom is -0.442 e. The zero-order valence-corrected chi connectivity index (χ0v) is 16.5. The molecule has 2 fully saturated rings. The third-order valence-corrected chi connectivity index (χ3v) is 5.05. The fourth-order valence-electron chi connectivity index (χ4n) is 3.46. The van der Waals surface area contributed by atoms with E-state index in [0.29, 0.717) is 38.4 Å². The van der Waals surface area contributed by atoms with E-state index >= 15 is 0 Å². The molecule has 0 bridgehead atoms. The quantitative estimate of drug-likeness (QED) is 0.241. The molecule has 1 aromatic rings. The average molecular weight is 444 g/mol. The molecule has 2 saturated heterocycles. The first-order valence-corrected chi connectivity index (χ1v) is 9.55. The number of anilines is 2. The Balaban J connectivity index is 1.58. The number of nitrogens with zero attached hydrogens (tertiary/aromatic N) is 4. The summed E-state index contributed by atoms with van der Waals surface area (Å²) in [4.78, 5) is 28.0. The summed E-state index contributed by atoms with van der Waals surface area (Å²) in [7, 11) is 0. The molecule has 0 radical (unpaired) electrons. The number of ether oxygens (including phenoxy) is 1. The molecule has 0 saturated carbocycles. The van der Waals surface area contributed by atoms with Crippen molar-refractivity contribution in [2.75, 3.05) is 55.6 Å². The van der Waals surface area contributed by atoms with E-state index in [0.717, 1.165) is 0 Å². The summed E-state index contributed by atoms with van der Waals surface area (Å²) in [6.07, 6.45) is -4.72. The molecule has 2 aliphatic rings. The lowest BCUT2D eigenvalue weighted by Crippen LogP contribution is -2.49. The van der Waals surface area contributed by atoms with Crippen LogP contribution in [0.5, 0.6) is 0 Å². The average Bonchev–Trinajstić information content (AvgIpc) is 3.13. The van der Waals surface area contributed by atoms with Crippen LogP contribution in [0.4, 0.5) is 29.3 Å². The fraction of sp³-hybridized carbons (Fsp3) is 0.500. The van der Waals surface area contributed by atoms with Gasteiger partial charge in [-0.25, -0.2) is 9.18 Å². The van der Waals surface area contributed by atoms with E-state index in [2.05, 4.69) is 5.16 Å². The van der Waals surface area contributed by atoms with Gasteiger partial charge in [0.05, 0.1) is 31.0 Å². The Bertz CT molecular complexity index is 848. The van der Waals surface area contributed by atoms with Gasteiger partial charge in [0.15, 0.2) is 5.84 Å². The summed E-state index contributed by atoms with van der Waals surface area (Å²) in [5.74, 6) is -1.87. The third kappa shape index (κ3) is 5.48. The molecule has 3 rings (SSSR count). The van der Waals surface area contributed by atoms with Gasteiger partial charge in [0.2, 0.25) is 0 Å². The molecule has 2 aliphatic heterocycles. The lowest BCUT2D eigenvalue weighted by Gasteiger charge is -2.36. The highest BCUT2D eigenvalue weighted by molar-refractivity contribution is 5.90. The van der Waals surface area contributed by atoms with Gasteiger partial charge in [0.1, 0.15) is 11.9 Å². The molecule has 13 heteroatoms. The second-order valence-corrected chi connectivity index (χ2v) is 7.15. The normalized spacial score (nSPS) is 20.3. The number of nitrogens with two attached hydrogens (primary N) is 1. The minimum absolute atomic E-state index is 0.00630. The number of rotatable bonds is 7. The number of piperazine rings is 1. The van der Waals surface area contributed by atoms with E-state index in [9.17, 15) is 22.8 Å². The topological polar surface area (TPSA) is 124 Å². The predicted molar refractivity (Wildman–Crippen MR) is 105 cm³/mol. The minimum atomic E-state index is -3.16. The smallest absolute Gasteiger partial charge is 0.414 e. The van der Waals surface area contributed by atoms with E-state index in [1.54, 1.807) is 12.1 Å². The van der Waals surface area contributed by atoms with Crippen LogP contribution < -0.4 is 20.9 Å². The van der Waals surface area contributed by atoms with Crippen molar-refractivity contribution >= 4 is 29.2 Å². The highest BCUT2D eigenvalue weighted by Crippen LogP contribution is 2.28. The number of carbonyl (C=O) groups is 2. The molecule has 1 atom stereocenters. The first-order chi connectivity index (χ1) is 14.8. The molecule has 0 aliphatic carbocycles. The largest absolute Gasteiger partial charge is 0.442 e. The number of hydrogen-bond acceptors (Lipinski definition) is 7. The number of halogens is 3. The van der Waals surface area contributed by atoms with Gasteiger partial charge in [0.25, 0.3) is 5.91 Å². The van der Waals surface area contributed by atoms with E-state index < -0.39 is 30.3 Å². The SMILES string of the molecule is N/C(CN1CCN(c2ccc(N3C[C@H](CNC(=O)C(F)F)OC3=O)cc2F)CC1)=N\O. The Morgan fingerprint density at radius 2 is 2.03 bits per heavy atom.